The summed E-state index contributed by atoms with van der Waals surface area (Å²) in [7, 11) is 2.08. The molecular formula is C17H28N2. The fourth-order valence-electron chi connectivity index (χ4n) is 3.63. The van der Waals surface area contributed by atoms with Crippen molar-refractivity contribution < 1.29 is 0 Å². The number of rotatable bonds is 3. The van der Waals surface area contributed by atoms with Crippen LogP contribution in [0.25, 0.3) is 0 Å². The predicted molar refractivity (Wildman–Crippen MR) is 82.7 cm³/mol. The smallest absolute Gasteiger partial charge is 0.0325 e. The topological polar surface area (TPSA) is 15.3 Å². The highest BCUT2D eigenvalue weighted by atomic mass is 15.2. The van der Waals surface area contributed by atoms with Crippen LogP contribution in [0.2, 0.25) is 0 Å². The van der Waals surface area contributed by atoms with Gasteiger partial charge in [0.1, 0.15) is 0 Å². The van der Waals surface area contributed by atoms with Crippen LogP contribution in [0.1, 0.15) is 48.1 Å². The third-order valence-electron chi connectivity index (χ3n) is 4.56. The number of hydrogen-bond donors (Lipinski definition) is 1. The van der Waals surface area contributed by atoms with E-state index in [-0.39, 0.29) is 0 Å². The van der Waals surface area contributed by atoms with Crippen LogP contribution in [0.15, 0.2) is 12.1 Å². The van der Waals surface area contributed by atoms with Crippen LogP contribution in [0.5, 0.6) is 0 Å². The molecule has 0 spiro atoms. The Morgan fingerprint density at radius 1 is 1.21 bits per heavy atom. The Labute approximate surface area is 118 Å². The number of benzene rings is 1. The molecule has 106 valence electrons. The molecule has 1 aliphatic heterocycles. The van der Waals surface area contributed by atoms with E-state index in [1.54, 1.807) is 0 Å². The lowest BCUT2D eigenvalue weighted by Crippen LogP contribution is -2.45. The molecule has 1 heterocycles. The molecule has 2 atom stereocenters. The zero-order valence-corrected chi connectivity index (χ0v) is 13.1. The Kier molecular flexibility index (Phi) is 4.64. The van der Waals surface area contributed by atoms with Gasteiger partial charge in [0.05, 0.1) is 0 Å². The van der Waals surface area contributed by atoms with Crippen LogP contribution in [-0.2, 0) is 0 Å². The average molecular weight is 260 g/mol. The molecule has 1 fully saturated rings. The van der Waals surface area contributed by atoms with Gasteiger partial charge in [-0.3, -0.25) is 4.90 Å². The van der Waals surface area contributed by atoms with Gasteiger partial charge in [-0.25, -0.2) is 0 Å². The minimum Gasteiger partial charge on any atom is -0.316 e. The van der Waals surface area contributed by atoms with Gasteiger partial charge in [-0.15, -0.1) is 0 Å². The number of nitrogens with zero attached hydrogens (tertiary/aromatic N) is 1. The summed E-state index contributed by atoms with van der Waals surface area (Å²) in [5, 5.41) is 3.44. The predicted octanol–water partition coefficient (Wildman–Crippen LogP) is 3.36. The van der Waals surface area contributed by atoms with Crippen LogP contribution in [0.4, 0.5) is 0 Å². The largest absolute Gasteiger partial charge is 0.316 e. The quantitative estimate of drug-likeness (QED) is 0.896. The fourth-order valence-corrected chi connectivity index (χ4v) is 3.63. The van der Waals surface area contributed by atoms with Gasteiger partial charge in [-0.2, -0.15) is 0 Å². The highest BCUT2D eigenvalue weighted by Crippen LogP contribution is 2.29. The van der Waals surface area contributed by atoms with E-state index in [1.807, 2.05) is 0 Å². The number of nitrogens with one attached hydrogen (secondary N) is 1. The van der Waals surface area contributed by atoms with Gasteiger partial charge in [0.25, 0.3) is 0 Å². The van der Waals surface area contributed by atoms with Gasteiger partial charge in [0, 0.05) is 18.6 Å². The molecule has 19 heavy (non-hydrogen) atoms. The molecule has 2 heteroatoms. The second kappa shape index (κ2) is 6.06. The molecule has 1 aliphatic rings. The Balaban J connectivity index is 2.21. The minimum absolute atomic E-state index is 0.525. The summed E-state index contributed by atoms with van der Waals surface area (Å²) in [6.45, 7) is 11.5. The van der Waals surface area contributed by atoms with E-state index in [0.29, 0.717) is 12.1 Å². The van der Waals surface area contributed by atoms with Crippen molar-refractivity contribution in [1.29, 1.82) is 0 Å². The van der Waals surface area contributed by atoms with Gasteiger partial charge >= 0.3 is 0 Å². The summed E-state index contributed by atoms with van der Waals surface area (Å²) in [6.07, 6.45) is 2.62. The molecule has 1 saturated heterocycles. The average Bonchev–Trinajstić information content (AvgIpc) is 2.37. The highest BCUT2D eigenvalue weighted by Gasteiger charge is 2.25. The van der Waals surface area contributed by atoms with Crippen molar-refractivity contribution in [3.63, 3.8) is 0 Å². The maximum Gasteiger partial charge on any atom is 0.0325 e. The van der Waals surface area contributed by atoms with E-state index in [0.717, 1.165) is 0 Å². The highest BCUT2D eigenvalue weighted by molar-refractivity contribution is 5.39. The molecule has 1 N–H and O–H groups in total. The number of aryl methyl sites for hydroxylation is 3. The molecular weight excluding hydrogens is 232 g/mol. The molecule has 1 aromatic rings. The molecule has 2 rings (SSSR count). The van der Waals surface area contributed by atoms with Crippen LogP contribution < -0.4 is 5.32 Å². The van der Waals surface area contributed by atoms with E-state index >= 15 is 0 Å². The second-order valence-electron chi connectivity index (χ2n) is 6.11. The number of hydrogen-bond acceptors (Lipinski definition) is 2. The molecule has 0 amide bonds. The molecule has 0 saturated carbocycles. The third-order valence-corrected chi connectivity index (χ3v) is 4.56. The normalized spacial score (nSPS) is 22.5. The first-order valence-corrected chi connectivity index (χ1v) is 7.52. The van der Waals surface area contributed by atoms with Crippen molar-refractivity contribution in [2.24, 2.45) is 0 Å². The Hall–Kier alpha value is -0.860. The lowest BCUT2D eigenvalue weighted by atomic mass is 9.92. The second-order valence-corrected chi connectivity index (χ2v) is 6.11. The van der Waals surface area contributed by atoms with Crippen LogP contribution in [-0.4, -0.2) is 31.1 Å². The molecule has 1 aromatic carbocycles. The summed E-state index contributed by atoms with van der Waals surface area (Å²) in [5.41, 5.74) is 5.79. The number of piperidine rings is 1. The molecule has 0 radical (unpaired) electrons. The Morgan fingerprint density at radius 3 is 2.42 bits per heavy atom. The summed E-state index contributed by atoms with van der Waals surface area (Å²) < 4.78 is 0. The van der Waals surface area contributed by atoms with Gasteiger partial charge in [-0.1, -0.05) is 17.7 Å². The van der Waals surface area contributed by atoms with E-state index in [9.17, 15) is 0 Å². The van der Waals surface area contributed by atoms with Crippen molar-refractivity contribution in [2.45, 2.75) is 52.6 Å². The summed E-state index contributed by atoms with van der Waals surface area (Å²) in [6, 6.07) is 5.82. The summed E-state index contributed by atoms with van der Waals surface area (Å²) >= 11 is 0. The molecule has 0 aliphatic carbocycles. The zero-order chi connectivity index (χ0) is 14.0. The number of likely N-dealkylation sites (N-methyl/N-ethyl adjacent to an activating group) is 1. The maximum atomic E-state index is 3.44. The van der Waals surface area contributed by atoms with Gasteiger partial charge in [0.2, 0.25) is 0 Å². The standard InChI is InChI=1S/C17H28N2/c1-12-9-13(2)17(14(3)10-12)15(4)19-8-6-7-16(11-19)18-5/h9-10,15-16,18H,6-8,11H2,1-5H3. The van der Waals surface area contributed by atoms with E-state index < -0.39 is 0 Å². The van der Waals surface area contributed by atoms with Gasteiger partial charge < -0.3 is 5.32 Å². The van der Waals surface area contributed by atoms with Crippen LogP contribution >= 0.6 is 0 Å². The molecule has 2 unspecified atom stereocenters. The van der Waals surface area contributed by atoms with E-state index in [2.05, 4.69) is 57.1 Å². The summed E-state index contributed by atoms with van der Waals surface area (Å²) in [4.78, 5) is 2.63. The first-order chi connectivity index (χ1) is 9.02. The van der Waals surface area contributed by atoms with Crippen molar-refractivity contribution in [2.75, 3.05) is 20.1 Å². The third kappa shape index (κ3) is 3.18. The van der Waals surface area contributed by atoms with Crippen molar-refractivity contribution >= 4 is 0 Å². The SMILES string of the molecule is CNC1CCCN(C(C)c2c(C)cc(C)cc2C)C1. The lowest BCUT2D eigenvalue weighted by Gasteiger charge is -2.38. The van der Waals surface area contributed by atoms with Gasteiger partial charge in [-0.05, 0) is 70.8 Å². The summed E-state index contributed by atoms with van der Waals surface area (Å²) in [5.74, 6) is 0. The van der Waals surface area contributed by atoms with Crippen LogP contribution in [0.3, 0.4) is 0 Å². The van der Waals surface area contributed by atoms with Crippen molar-refractivity contribution in [1.82, 2.24) is 10.2 Å². The van der Waals surface area contributed by atoms with E-state index in [1.165, 1.54) is 48.2 Å². The van der Waals surface area contributed by atoms with Crippen LogP contribution in [0, 0.1) is 20.8 Å². The Bertz CT molecular complexity index is 416. The van der Waals surface area contributed by atoms with Gasteiger partial charge in [0.15, 0.2) is 0 Å². The minimum atomic E-state index is 0.525. The Morgan fingerprint density at radius 2 is 1.84 bits per heavy atom. The monoisotopic (exact) mass is 260 g/mol. The lowest BCUT2D eigenvalue weighted by molar-refractivity contribution is 0.148. The van der Waals surface area contributed by atoms with E-state index in [4.69, 9.17) is 0 Å². The molecule has 0 bridgehead atoms. The maximum absolute atomic E-state index is 3.44. The first kappa shape index (κ1) is 14.5. The zero-order valence-electron chi connectivity index (χ0n) is 13.1. The first-order valence-electron chi connectivity index (χ1n) is 7.52. The number of likely N-dealkylation sites (tertiary alicyclic amines) is 1. The molecule has 0 aromatic heterocycles. The molecule has 2 nitrogen and oxygen atoms in total. The fraction of sp³-hybridized carbons (Fsp3) is 0.647. The van der Waals surface area contributed by atoms with Crippen molar-refractivity contribution in [3.05, 3.63) is 34.4 Å². The van der Waals surface area contributed by atoms with Crippen molar-refractivity contribution in [3.8, 4) is 0 Å².